The summed E-state index contributed by atoms with van der Waals surface area (Å²) < 4.78 is 2.63. The molecule has 10 nitrogen and oxygen atoms in total. The Morgan fingerprint density at radius 3 is 2.53 bits per heavy atom. The topological polar surface area (TPSA) is 138 Å². The maximum absolute atomic E-state index is 12.7. The highest BCUT2D eigenvalue weighted by atomic mass is 16.2. The van der Waals surface area contributed by atoms with E-state index in [4.69, 9.17) is 5.73 Å². The van der Waals surface area contributed by atoms with Crippen LogP contribution in [0.15, 0.2) is 33.9 Å². The second-order valence-electron chi connectivity index (χ2n) is 7.38. The zero-order valence-corrected chi connectivity index (χ0v) is 16.7. The molecule has 1 amide bonds. The van der Waals surface area contributed by atoms with E-state index in [9.17, 15) is 14.4 Å². The number of carbonyl (C=O) groups excluding carboxylic acids is 1. The van der Waals surface area contributed by atoms with Crippen molar-refractivity contribution in [2.45, 2.75) is 31.7 Å². The molecule has 10 heteroatoms. The van der Waals surface area contributed by atoms with Crippen LogP contribution in [-0.2, 0) is 7.05 Å². The molecule has 156 valence electrons. The van der Waals surface area contributed by atoms with Gasteiger partial charge in [-0.25, -0.2) is 9.78 Å². The molecule has 1 aromatic carbocycles. The molecule has 0 bridgehead atoms. The first-order valence-electron chi connectivity index (χ1n) is 9.96. The van der Waals surface area contributed by atoms with E-state index in [1.54, 1.807) is 28.8 Å². The van der Waals surface area contributed by atoms with E-state index < -0.39 is 11.2 Å². The average Bonchev–Trinajstić information content (AvgIpc) is 3.30. The summed E-state index contributed by atoms with van der Waals surface area (Å²) in [5, 5.41) is 11.1. The van der Waals surface area contributed by atoms with Crippen LogP contribution in [0.4, 0.5) is 0 Å². The normalized spacial score (nSPS) is 14.3. The largest absolute Gasteiger partial charge is 0.351 e. The summed E-state index contributed by atoms with van der Waals surface area (Å²) in [6.45, 7) is 0.756. The number of hydrogen-bond donors (Lipinski definition) is 2. The van der Waals surface area contributed by atoms with Gasteiger partial charge in [0, 0.05) is 37.3 Å². The second-order valence-corrected chi connectivity index (χ2v) is 7.38. The maximum atomic E-state index is 12.7. The van der Waals surface area contributed by atoms with Crippen molar-refractivity contribution in [3.8, 4) is 11.4 Å². The molecule has 1 aliphatic rings. The van der Waals surface area contributed by atoms with Crippen molar-refractivity contribution in [2.24, 2.45) is 12.8 Å². The monoisotopic (exact) mass is 409 g/mol. The molecule has 2 heterocycles. The van der Waals surface area contributed by atoms with Crippen molar-refractivity contribution in [3.05, 3.63) is 50.7 Å². The van der Waals surface area contributed by atoms with Gasteiger partial charge in [0.15, 0.2) is 17.0 Å². The first-order chi connectivity index (χ1) is 14.5. The predicted octanol–water partition coefficient (Wildman–Crippen LogP) is 0.356. The van der Waals surface area contributed by atoms with Gasteiger partial charge in [0.25, 0.3) is 11.5 Å². The van der Waals surface area contributed by atoms with Crippen molar-refractivity contribution in [1.82, 2.24) is 29.6 Å². The third-order valence-electron chi connectivity index (χ3n) is 5.42. The van der Waals surface area contributed by atoms with E-state index in [0.717, 1.165) is 30.3 Å². The Morgan fingerprint density at radius 2 is 1.87 bits per heavy atom. The molecular weight excluding hydrogens is 386 g/mol. The van der Waals surface area contributed by atoms with Gasteiger partial charge in [0.2, 0.25) is 0 Å². The molecule has 0 radical (unpaired) electrons. The lowest BCUT2D eigenvalue weighted by Crippen LogP contribution is -2.40. The molecule has 3 aromatic rings. The lowest BCUT2D eigenvalue weighted by Gasteiger charge is -2.16. The molecule has 30 heavy (non-hydrogen) atoms. The Hall–Kier alpha value is -3.40. The molecule has 0 saturated heterocycles. The van der Waals surface area contributed by atoms with Gasteiger partial charge in [0.05, 0.1) is 0 Å². The molecular formula is C20H23N7O3. The van der Waals surface area contributed by atoms with Gasteiger partial charge in [-0.1, -0.05) is 25.0 Å². The summed E-state index contributed by atoms with van der Waals surface area (Å²) in [5.74, 6) is 0.0316. The van der Waals surface area contributed by atoms with Crippen LogP contribution >= 0.6 is 0 Å². The number of fused-ring (bicyclic) bond motifs is 1. The molecule has 1 fully saturated rings. The fourth-order valence-electron chi connectivity index (χ4n) is 3.80. The van der Waals surface area contributed by atoms with Crippen LogP contribution in [0.25, 0.3) is 22.6 Å². The summed E-state index contributed by atoms with van der Waals surface area (Å²) in [5.41, 5.74) is 5.92. The summed E-state index contributed by atoms with van der Waals surface area (Å²) in [4.78, 5) is 41.8. The maximum Gasteiger partial charge on any atom is 0.332 e. The SMILES string of the molecule is Cn1c(=O)c2nc(-c3ccc(C(=O)NCCN)cc3)nnc2n(C2CCCC2)c1=O. The first kappa shape index (κ1) is 19.9. The van der Waals surface area contributed by atoms with Gasteiger partial charge >= 0.3 is 5.69 Å². The fourth-order valence-corrected chi connectivity index (χ4v) is 3.80. The number of nitrogens with zero attached hydrogens (tertiary/aromatic N) is 5. The molecule has 1 saturated carbocycles. The Kier molecular flexibility index (Phi) is 5.40. The number of rotatable bonds is 5. The summed E-state index contributed by atoms with van der Waals surface area (Å²) in [7, 11) is 1.45. The highest BCUT2D eigenvalue weighted by Gasteiger charge is 2.24. The third-order valence-corrected chi connectivity index (χ3v) is 5.42. The van der Waals surface area contributed by atoms with Crippen molar-refractivity contribution < 1.29 is 4.79 Å². The van der Waals surface area contributed by atoms with Crippen LogP contribution in [0, 0.1) is 0 Å². The standard InChI is InChI=1S/C20H23N7O3/c1-26-19(29)15-17(27(20(26)30)14-4-2-3-5-14)25-24-16(23-15)12-6-8-13(9-7-12)18(28)22-11-10-21/h6-9,14H,2-5,10-11,21H2,1H3,(H,22,28). The Morgan fingerprint density at radius 1 is 1.17 bits per heavy atom. The Balaban J connectivity index is 1.76. The summed E-state index contributed by atoms with van der Waals surface area (Å²) in [6.07, 6.45) is 3.80. The van der Waals surface area contributed by atoms with Crippen molar-refractivity contribution >= 4 is 17.1 Å². The number of hydrogen-bond acceptors (Lipinski definition) is 7. The van der Waals surface area contributed by atoms with Gasteiger partial charge in [-0.15, -0.1) is 10.2 Å². The zero-order valence-electron chi connectivity index (χ0n) is 16.7. The van der Waals surface area contributed by atoms with Gasteiger partial charge in [-0.05, 0) is 25.0 Å². The number of nitrogens with one attached hydrogen (secondary N) is 1. The Bertz CT molecular complexity index is 1210. The van der Waals surface area contributed by atoms with Gasteiger partial charge in [-0.2, -0.15) is 0 Å². The highest BCUT2D eigenvalue weighted by Crippen LogP contribution is 2.29. The lowest BCUT2D eigenvalue weighted by atomic mass is 10.1. The van der Waals surface area contributed by atoms with E-state index in [-0.39, 0.29) is 28.9 Å². The minimum atomic E-state index is -0.502. The van der Waals surface area contributed by atoms with Crippen LogP contribution < -0.4 is 22.3 Å². The lowest BCUT2D eigenvalue weighted by molar-refractivity contribution is 0.0955. The second kappa shape index (κ2) is 8.15. The number of nitrogens with two attached hydrogens (primary N) is 1. The van der Waals surface area contributed by atoms with Gasteiger partial charge in [-0.3, -0.25) is 18.7 Å². The highest BCUT2D eigenvalue weighted by molar-refractivity contribution is 5.94. The number of aromatic nitrogens is 5. The van der Waals surface area contributed by atoms with Crippen molar-refractivity contribution in [2.75, 3.05) is 13.1 Å². The zero-order chi connectivity index (χ0) is 21.3. The van der Waals surface area contributed by atoms with Gasteiger partial charge < -0.3 is 11.1 Å². The summed E-state index contributed by atoms with van der Waals surface area (Å²) in [6, 6.07) is 6.67. The van der Waals surface area contributed by atoms with Crippen molar-refractivity contribution in [3.63, 3.8) is 0 Å². The minimum absolute atomic E-state index is 0.0000617. The quantitative estimate of drug-likeness (QED) is 0.620. The molecule has 0 aliphatic heterocycles. The molecule has 0 atom stereocenters. The van der Waals surface area contributed by atoms with Crippen LogP contribution in [0.5, 0.6) is 0 Å². The molecule has 1 aliphatic carbocycles. The molecule has 4 rings (SSSR count). The van der Waals surface area contributed by atoms with E-state index in [1.165, 1.54) is 7.05 Å². The van der Waals surface area contributed by atoms with E-state index in [1.807, 2.05) is 0 Å². The summed E-state index contributed by atoms with van der Waals surface area (Å²) >= 11 is 0. The molecule has 0 spiro atoms. The first-order valence-corrected chi connectivity index (χ1v) is 9.96. The fraction of sp³-hybridized carbons (Fsp3) is 0.400. The van der Waals surface area contributed by atoms with Crippen LogP contribution in [0.2, 0.25) is 0 Å². The van der Waals surface area contributed by atoms with Crippen LogP contribution in [0.1, 0.15) is 42.1 Å². The molecule has 3 N–H and O–H groups in total. The molecule has 2 aromatic heterocycles. The van der Waals surface area contributed by atoms with Crippen molar-refractivity contribution in [1.29, 1.82) is 0 Å². The molecule has 0 unspecified atom stereocenters. The van der Waals surface area contributed by atoms with Crippen LogP contribution in [-0.4, -0.2) is 43.3 Å². The van der Waals surface area contributed by atoms with E-state index >= 15 is 0 Å². The average molecular weight is 409 g/mol. The third kappa shape index (κ3) is 3.50. The Labute approximate surface area is 171 Å². The minimum Gasteiger partial charge on any atom is -0.351 e. The van der Waals surface area contributed by atoms with Crippen LogP contribution in [0.3, 0.4) is 0 Å². The van der Waals surface area contributed by atoms with Gasteiger partial charge in [0.1, 0.15) is 0 Å². The number of carbonyl (C=O) groups is 1. The smallest absolute Gasteiger partial charge is 0.332 e. The predicted molar refractivity (Wildman–Crippen MR) is 111 cm³/mol. The number of amides is 1. The number of benzene rings is 1. The van der Waals surface area contributed by atoms with E-state index in [2.05, 4.69) is 20.5 Å². The van der Waals surface area contributed by atoms with E-state index in [0.29, 0.717) is 24.2 Å².